The summed E-state index contributed by atoms with van der Waals surface area (Å²) in [6, 6.07) is 9.80. The molecule has 1 aromatic carbocycles. The smallest absolute Gasteiger partial charge is 0.239 e. The number of hydrogen-bond donors (Lipinski definition) is 2. The van der Waals surface area contributed by atoms with Crippen LogP contribution in [0.25, 0.3) is 0 Å². The lowest BCUT2D eigenvalue weighted by Crippen LogP contribution is -1.92. The Morgan fingerprint density at radius 2 is 2.14 bits per heavy atom. The zero-order valence-electron chi connectivity index (χ0n) is 7.38. The summed E-state index contributed by atoms with van der Waals surface area (Å²) in [5.74, 6) is 0.525. The fourth-order valence-corrected chi connectivity index (χ4v) is 0.966. The third-order valence-corrected chi connectivity index (χ3v) is 1.60. The van der Waals surface area contributed by atoms with E-state index in [4.69, 9.17) is 0 Å². The predicted molar refractivity (Wildman–Crippen MR) is 54.0 cm³/mol. The summed E-state index contributed by atoms with van der Waals surface area (Å²) in [5.41, 5.74) is 3.74. The highest BCUT2D eigenvalue weighted by atomic mass is 15.4. The van der Waals surface area contributed by atoms with Gasteiger partial charge in [0.1, 0.15) is 6.33 Å². The highest BCUT2D eigenvalue weighted by Crippen LogP contribution is 1.95. The van der Waals surface area contributed by atoms with E-state index in [-0.39, 0.29) is 0 Å². The lowest BCUT2D eigenvalue weighted by Gasteiger charge is -1.92. The molecule has 0 spiro atoms. The van der Waals surface area contributed by atoms with E-state index >= 15 is 0 Å². The van der Waals surface area contributed by atoms with Crippen molar-refractivity contribution in [3.05, 3.63) is 42.2 Å². The van der Waals surface area contributed by atoms with Crippen LogP contribution >= 0.6 is 0 Å². The topological polar surface area (TPSA) is 66.0 Å². The molecule has 1 aromatic heterocycles. The molecular formula is C9H9N5. The highest BCUT2D eigenvalue weighted by molar-refractivity contribution is 5.79. The molecule has 0 fully saturated rings. The van der Waals surface area contributed by atoms with Gasteiger partial charge in [0.05, 0.1) is 6.21 Å². The molecule has 0 aliphatic rings. The summed E-state index contributed by atoms with van der Waals surface area (Å²) in [5, 5.41) is 10.3. The molecule has 2 rings (SSSR count). The molecule has 5 nitrogen and oxygen atoms in total. The van der Waals surface area contributed by atoms with Crippen molar-refractivity contribution in [1.29, 1.82) is 0 Å². The van der Waals surface area contributed by atoms with Gasteiger partial charge >= 0.3 is 0 Å². The Morgan fingerprint density at radius 1 is 1.29 bits per heavy atom. The van der Waals surface area contributed by atoms with E-state index < -0.39 is 0 Å². The maximum Gasteiger partial charge on any atom is 0.239 e. The number of H-pyrrole nitrogens is 1. The minimum atomic E-state index is 0.525. The molecule has 70 valence electrons. The van der Waals surface area contributed by atoms with Gasteiger partial charge in [0, 0.05) is 0 Å². The largest absolute Gasteiger partial charge is 0.246 e. The molecule has 0 amide bonds. The quantitative estimate of drug-likeness (QED) is 0.561. The minimum absolute atomic E-state index is 0.525. The number of rotatable bonds is 3. The second-order valence-corrected chi connectivity index (χ2v) is 2.61. The Bertz CT molecular complexity index is 392. The first-order valence-electron chi connectivity index (χ1n) is 4.14. The molecule has 0 saturated carbocycles. The van der Waals surface area contributed by atoms with Crippen LogP contribution in [-0.4, -0.2) is 21.4 Å². The van der Waals surface area contributed by atoms with E-state index in [1.807, 2.05) is 30.3 Å². The van der Waals surface area contributed by atoms with Gasteiger partial charge in [-0.05, 0) is 5.56 Å². The van der Waals surface area contributed by atoms with Gasteiger partial charge in [-0.3, -0.25) is 0 Å². The average molecular weight is 187 g/mol. The van der Waals surface area contributed by atoms with Crippen LogP contribution in [0.3, 0.4) is 0 Å². The number of hydrogen-bond acceptors (Lipinski definition) is 4. The first-order chi connectivity index (χ1) is 6.95. The number of aromatic nitrogens is 3. The Kier molecular flexibility index (Phi) is 2.51. The molecule has 0 unspecified atom stereocenters. The van der Waals surface area contributed by atoms with Gasteiger partial charge in [-0.2, -0.15) is 15.2 Å². The van der Waals surface area contributed by atoms with E-state index in [0.29, 0.717) is 5.95 Å². The molecule has 0 aliphatic heterocycles. The zero-order valence-corrected chi connectivity index (χ0v) is 7.38. The number of nitrogens with zero attached hydrogens (tertiary/aromatic N) is 3. The summed E-state index contributed by atoms with van der Waals surface area (Å²) in [6.07, 6.45) is 3.13. The van der Waals surface area contributed by atoms with E-state index in [1.165, 1.54) is 6.33 Å². The standard InChI is InChI=1S/C9H9N5/c1-2-4-8(5-3-1)6-11-13-9-10-7-12-14-9/h1-7H,(H2,10,12,13,14). The van der Waals surface area contributed by atoms with Crippen LogP contribution in [0, 0.1) is 0 Å². The third kappa shape index (κ3) is 2.16. The fraction of sp³-hybridized carbons (Fsp3) is 0. The number of hydrazone groups is 1. The van der Waals surface area contributed by atoms with Gasteiger partial charge in [-0.1, -0.05) is 30.3 Å². The first kappa shape index (κ1) is 8.43. The summed E-state index contributed by atoms with van der Waals surface area (Å²) in [7, 11) is 0. The van der Waals surface area contributed by atoms with Gasteiger partial charge in [-0.15, -0.1) is 0 Å². The second kappa shape index (κ2) is 4.18. The van der Waals surface area contributed by atoms with Crippen LogP contribution < -0.4 is 5.43 Å². The SMILES string of the molecule is C(=NNc1ncn[nH]1)c1ccccc1. The molecule has 1 heterocycles. The van der Waals surface area contributed by atoms with Crippen molar-refractivity contribution in [2.75, 3.05) is 5.43 Å². The highest BCUT2D eigenvalue weighted by Gasteiger charge is 1.88. The van der Waals surface area contributed by atoms with Crippen LogP contribution in [0.1, 0.15) is 5.56 Å². The van der Waals surface area contributed by atoms with E-state index in [2.05, 4.69) is 25.7 Å². The maximum absolute atomic E-state index is 3.98. The lowest BCUT2D eigenvalue weighted by atomic mass is 10.2. The number of anilines is 1. The molecule has 0 radical (unpaired) electrons. The summed E-state index contributed by atoms with van der Waals surface area (Å²) in [4.78, 5) is 3.86. The molecular weight excluding hydrogens is 178 g/mol. The Labute approximate surface area is 80.9 Å². The summed E-state index contributed by atoms with van der Waals surface area (Å²) < 4.78 is 0. The van der Waals surface area contributed by atoms with Crippen LogP contribution in [0.5, 0.6) is 0 Å². The molecule has 5 heteroatoms. The van der Waals surface area contributed by atoms with Crippen molar-refractivity contribution in [3.8, 4) is 0 Å². The Hall–Kier alpha value is -2.17. The predicted octanol–water partition coefficient (Wildman–Crippen LogP) is 1.25. The van der Waals surface area contributed by atoms with Crippen LogP contribution in [0.4, 0.5) is 5.95 Å². The van der Waals surface area contributed by atoms with E-state index in [9.17, 15) is 0 Å². The van der Waals surface area contributed by atoms with Crippen molar-refractivity contribution < 1.29 is 0 Å². The molecule has 2 N–H and O–H groups in total. The number of nitrogens with one attached hydrogen (secondary N) is 2. The van der Waals surface area contributed by atoms with Gasteiger partial charge in [0.25, 0.3) is 0 Å². The minimum Gasteiger partial charge on any atom is -0.246 e. The van der Waals surface area contributed by atoms with Gasteiger partial charge in [-0.25, -0.2) is 10.5 Å². The van der Waals surface area contributed by atoms with E-state index in [1.54, 1.807) is 6.21 Å². The number of aromatic amines is 1. The number of benzene rings is 1. The molecule has 2 aromatic rings. The third-order valence-electron chi connectivity index (χ3n) is 1.60. The maximum atomic E-state index is 3.98. The molecule has 0 aliphatic carbocycles. The molecule has 14 heavy (non-hydrogen) atoms. The van der Waals surface area contributed by atoms with Crippen molar-refractivity contribution in [2.24, 2.45) is 5.10 Å². The van der Waals surface area contributed by atoms with Crippen molar-refractivity contribution in [3.63, 3.8) is 0 Å². The second-order valence-electron chi connectivity index (χ2n) is 2.61. The Balaban J connectivity index is 1.96. The van der Waals surface area contributed by atoms with Crippen LogP contribution in [0.2, 0.25) is 0 Å². The Morgan fingerprint density at radius 3 is 2.86 bits per heavy atom. The van der Waals surface area contributed by atoms with Crippen molar-refractivity contribution >= 4 is 12.2 Å². The van der Waals surface area contributed by atoms with Gasteiger partial charge in [0.2, 0.25) is 5.95 Å². The van der Waals surface area contributed by atoms with Gasteiger partial charge < -0.3 is 0 Å². The molecule has 0 saturated heterocycles. The lowest BCUT2D eigenvalue weighted by molar-refractivity contribution is 1.08. The first-order valence-corrected chi connectivity index (χ1v) is 4.14. The monoisotopic (exact) mass is 187 g/mol. The van der Waals surface area contributed by atoms with Crippen molar-refractivity contribution in [2.45, 2.75) is 0 Å². The summed E-state index contributed by atoms with van der Waals surface area (Å²) in [6.45, 7) is 0. The van der Waals surface area contributed by atoms with Gasteiger partial charge in [0.15, 0.2) is 0 Å². The zero-order chi connectivity index (χ0) is 9.64. The molecule has 0 bridgehead atoms. The van der Waals surface area contributed by atoms with Crippen LogP contribution in [-0.2, 0) is 0 Å². The molecule has 0 atom stereocenters. The van der Waals surface area contributed by atoms with Crippen LogP contribution in [0.15, 0.2) is 41.8 Å². The normalized spacial score (nSPS) is 10.6. The van der Waals surface area contributed by atoms with Crippen molar-refractivity contribution in [1.82, 2.24) is 15.2 Å². The fourth-order valence-electron chi connectivity index (χ4n) is 0.966. The average Bonchev–Trinajstić information content (AvgIpc) is 2.72. The summed E-state index contributed by atoms with van der Waals surface area (Å²) >= 11 is 0. The van der Waals surface area contributed by atoms with E-state index in [0.717, 1.165) is 5.56 Å².